The first-order chi connectivity index (χ1) is 9.15. The summed E-state index contributed by atoms with van der Waals surface area (Å²) in [6.07, 6.45) is 2.48. The van der Waals surface area contributed by atoms with Gasteiger partial charge in [0.25, 0.3) is 0 Å². The summed E-state index contributed by atoms with van der Waals surface area (Å²) in [6, 6.07) is 6.41. The van der Waals surface area contributed by atoms with Crippen LogP contribution in [0, 0.1) is 36.5 Å². The summed E-state index contributed by atoms with van der Waals surface area (Å²) in [6.45, 7) is 6.70. The van der Waals surface area contributed by atoms with Crippen LogP contribution in [-0.2, 0) is 12.8 Å². The predicted octanol–water partition coefficient (Wildman–Crippen LogP) is 3.61. The Morgan fingerprint density at radius 1 is 1.05 bits per heavy atom. The predicted molar refractivity (Wildman–Crippen MR) is 75.0 cm³/mol. The van der Waals surface area contributed by atoms with Gasteiger partial charge in [0.2, 0.25) is 0 Å². The molecule has 0 bridgehead atoms. The molecule has 100 valence electrons. The highest BCUT2D eigenvalue weighted by atomic mass is 16.5. The third-order valence-electron chi connectivity index (χ3n) is 3.30. The van der Waals surface area contributed by atoms with E-state index in [1.807, 2.05) is 13.0 Å². The number of aryl methyl sites for hydroxylation is 1. The highest BCUT2D eigenvalue weighted by Gasteiger charge is 2.13. The fraction of sp³-hybridized carbons (Fsp3) is 0.500. The maximum atomic E-state index is 8.77. The lowest BCUT2D eigenvalue weighted by Gasteiger charge is -2.18. The van der Waals surface area contributed by atoms with E-state index >= 15 is 0 Å². The molecule has 0 aliphatic carbocycles. The molecule has 0 N–H and O–H groups in total. The Balaban J connectivity index is 3.22. The van der Waals surface area contributed by atoms with Gasteiger partial charge in [-0.15, -0.1) is 0 Å². The minimum absolute atomic E-state index is 0.488. The van der Waals surface area contributed by atoms with Gasteiger partial charge in [0.1, 0.15) is 5.75 Å². The molecule has 0 aliphatic rings. The molecule has 0 aromatic heterocycles. The fourth-order valence-electron chi connectivity index (χ4n) is 2.38. The molecule has 0 fully saturated rings. The topological polar surface area (TPSA) is 56.8 Å². The van der Waals surface area contributed by atoms with E-state index in [1.54, 1.807) is 0 Å². The van der Waals surface area contributed by atoms with Crippen LogP contribution >= 0.6 is 0 Å². The maximum Gasteiger partial charge on any atom is 0.123 e. The zero-order valence-electron chi connectivity index (χ0n) is 11.9. The van der Waals surface area contributed by atoms with E-state index in [-0.39, 0.29) is 0 Å². The third kappa shape index (κ3) is 3.73. The molecule has 0 heterocycles. The fourth-order valence-corrected chi connectivity index (χ4v) is 2.38. The van der Waals surface area contributed by atoms with E-state index < -0.39 is 0 Å². The van der Waals surface area contributed by atoms with Crippen molar-refractivity contribution in [1.82, 2.24) is 0 Å². The molecule has 1 aromatic rings. The molecule has 19 heavy (non-hydrogen) atoms. The molecular weight excluding hydrogens is 236 g/mol. The van der Waals surface area contributed by atoms with Gasteiger partial charge in [-0.2, -0.15) is 10.5 Å². The Kier molecular flexibility index (Phi) is 5.90. The minimum atomic E-state index is 0.488. The molecule has 0 amide bonds. The molecule has 0 saturated heterocycles. The second-order valence-corrected chi connectivity index (χ2v) is 4.52. The van der Waals surface area contributed by atoms with Crippen LogP contribution in [0.3, 0.4) is 0 Å². The summed E-state index contributed by atoms with van der Waals surface area (Å²) in [5.41, 5.74) is 4.67. The van der Waals surface area contributed by atoms with Crippen molar-refractivity contribution < 1.29 is 4.74 Å². The van der Waals surface area contributed by atoms with Gasteiger partial charge in [0.15, 0.2) is 0 Å². The van der Waals surface area contributed by atoms with Crippen molar-refractivity contribution in [3.8, 4) is 17.9 Å². The molecule has 0 unspecified atom stereocenters. The highest BCUT2D eigenvalue weighted by Crippen LogP contribution is 2.30. The van der Waals surface area contributed by atoms with Crippen molar-refractivity contribution in [3.63, 3.8) is 0 Å². The van der Waals surface area contributed by atoms with Crippen LogP contribution in [-0.4, -0.2) is 6.61 Å². The lowest BCUT2D eigenvalue weighted by molar-refractivity contribution is 0.336. The van der Waals surface area contributed by atoms with Gasteiger partial charge in [0.05, 0.1) is 18.7 Å². The third-order valence-corrected chi connectivity index (χ3v) is 3.30. The zero-order valence-corrected chi connectivity index (χ0v) is 11.9. The number of nitrogens with zero attached hydrogens (tertiary/aromatic N) is 2. The summed E-state index contributed by atoms with van der Waals surface area (Å²) in [5.74, 6) is 0.883. The lowest BCUT2D eigenvalue weighted by Crippen LogP contribution is -2.04. The number of hydrogen-bond acceptors (Lipinski definition) is 3. The van der Waals surface area contributed by atoms with Crippen LogP contribution in [0.4, 0.5) is 0 Å². The van der Waals surface area contributed by atoms with Crippen LogP contribution in [0.1, 0.15) is 42.0 Å². The van der Waals surface area contributed by atoms with E-state index in [0.717, 1.165) is 23.3 Å². The van der Waals surface area contributed by atoms with Gasteiger partial charge < -0.3 is 4.74 Å². The molecule has 0 radical (unpaired) electrons. The second-order valence-electron chi connectivity index (χ2n) is 4.52. The zero-order chi connectivity index (χ0) is 14.3. The molecule has 1 rings (SSSR count). The van der Waals surface area contributed by atoms with Crippen molar-refractivity contribution in [2.45, 2.75) is 46.5 Å². The lowest BCUT2D eigenvalue weighted by atomic mass is 9.91. The van der Waals surface area contributed by atoms with Crippen LogP contribution < -0.4 is 4.74 Å². The van der Waals surface area contributed by atoms with Crippen LogP contribution in [0.15, 0.2) is 6.07 Å². The number of ether oxygens (including phenoxy) is 1. The Morgan fingerprint density at radius 3 is 2.16 bits per heavy atom. The smallest absolute Gasteiger partial charge is 0.123 e. The molecule has 3 heteroatoms. The van der Waals surface area contributed by atoms with Crippen molar-refractivity contribution >= 4 is 0 Å². The van der Waals surface area contributed by atoms with E-state index in [0.29, 0.717) is 25.9 Å². The average molecular weight is 256 g/mol. The van der Waals surface area contributed by atoms with E-state index in [9.17, 15) is 0 Å². The SMILES string of the molecule is CCOc1cc(C)c(CCC#N)c(C)c1CCC#N. The summed E-state index contributed by atoms with van der Waals surface area (Å²) >= 11 is 0. The molecule has 1 aromatic carbocycles. The summed E-state index contributed by atoms with van der Waals surface area (Å²) < 4.78 is 5.68. The average Bonchev–Trinajstić information content (AvgIpc) is 2.38. The first-order valence-corrected chi connectivity index (χ1v) is 6.64. The first kappa shape index (κ1) is 15.1. The Morgan fingerprint density at radius 2 is 1.63 bits per heavy atom. The summed E-state index contributed by atoms with van der Waals surface area (Å²) in [5, 5.41) is 17.5. The molecule has 0 aliphatic heterocycles. The molecular formula is C16H20N2O. The summed E-state index contributed by atoms with van der Waals surface area (Å²) in [7, 11) is 0. The van der Waals surface area contributed by atoms with Crippen LogP contribution in [0.2, 0.25) is 0 Å². The van der Waals surface area contributed by atoms with Crippen molar-refractivity contribution in [2.75, 3.05) is 6.61 Å². The minimum Gasteiger partial charge on any atom is -0.494 e. The molecule has 0 atom stereocenters. The second kappa shape index (κ2) is 7.44. The van der Waals surface area contributed by atoms with Crippen molar-refractivity contribution in [1.29, 1.82) is 10.5 Å². The van der Waals surface area contributed by atoms with E-state index in [2.05, 4.69) is 26.0 Å². The maximum absolute atomic E-state index is 8.77. The van der Waals surface area contributed by atoms with E-state index in [1.165, 1.54) is 11.1 Å². The Bertz CT molecular complexity index is 521. The van der Waals surface area contributed by atoms with Gasteiger partial charge in [0, 0.05) is 12.8 Å². The Labute approximate surface area is 115 Å². The quantitative estimate of drug-likeness (QED) is 0.781. The molecule has 0 spiro atoms. The van der Waals surface area contributed by atoms with Crippen LogP contribution in [0.25, 0.3) is 0 Å². The summed E-state index contributed by atoms with van der Waals surface area (Å²) in [4.78, 5) is 0. The number of benzene rings is 1. The van der Waals surface area contributed by atoms with Gasteiger partial charge in [-0.25, -0.2) is 0 Å². The van der Waals surface area contributed by atoms with E-state index in [4.69, 9.17) is 15.3 Å². The van der Waals surface area contributed by atoms with Crippen molar-refractivity contribution in [2.24, 2.45) is 0 Å². The van der Waals surface area contributed by atoms with Gasteiger partial charge >= 0.3 is 0 Å². The molecule has 3 nitrogen and oxygen atoms in total. The van der Waals surface area contributed by atoms with Gasteiger partial charge in [-0.05, 0) is 61.9 Å². The largest absolute Gasteiger partial charge is 0.494 e. The highest BCUT2D eigenvalue weighted by molar-refractivity contribution is 5.49. The number of nitriles is 2. The number of hydrogen-bond donors (Lipinski definition) is 0. The van der Waals surface area contributed by atoms with Crippen LogP contribution in [0.5, 0.6) is 5.75 Å². The van der Waals surface area contributed by atoms with Gasteiger partial charge in [-0.1, -0.05) is 0 Å². The standard InChI is InChI=1S/C16H20N2O/c1-4-19-16-11-12(2)14(7-5-9-17)13(3)15(16)8-6-10-18/h11H,4-8H2,1-3H3. The first-order valence-electron chi connectivity index (χ1n) is 6.64. The van der Waals surface area contributed by atoms with Gasteiger partial charge in [-0.3, -0.25) is 0 Å². The van der Waals surface area contributed by atoms with Crippen molar-refractivity contribution in [3.05, 3.63) is 28.3 Å². The molecule has 0 saturated carbocycles. The number of rotatable bonds is 6. The monoisotopic (exact) mass is 256 g/mol. The Hall–Kier alpha value is -2.00. The normalized spacial score (nSPS) is 9.74.